The molecule has 0 spiro atoms. The highest BCUT2D eigenvalue weighted by Crippen LogP contribution is 2.18. The number of hydrogen-bond donors (Lipinski definition) is 1. The maximum atomic E-state index is 12.3. The van der Waals surface area contributed by atoms with Crippen LogP contribution in [0.5, 0.6) is 5.75 Å². The Morgan fingerprint density at radius 3 is 2.87 bits per heavy atom. The van der Waals surface area contributed by atoms with E-state index in [1.54, 1.807) is 11.0 Å². The van der Waals surface area contributed by atoms with Gasteiger partial charge in [-0.05, 0) is 50.5 Å². The van der Waals surface area contributed by atoms with Gasteiger partial charge in [0.1, 0.15) is 5.75 Å². The SMILES string of the molecule is CC(C)Oc1cccc(/C=C/C(=O)N2CCC[C@@H](C(N)=O)C2)c1. The van der Waals surface area contributed by atoms with Crippen LogP contribution in [-0.4, -0.2) is 35.9 Å². The summed E-state index contributed by atoms with van der Waals surface area (Å²) in [4.78, 5) is 25.2. The van der Waals surface area contributed by atoms with E-state index < -0.39 is 0 Å². The first-order chi connectivity index (χ1) is 11.0. The van der Waals surface area contributed by atoms with Gasteiger partial charge in [-0.15, -0.1) is 0 Å². The molecule has 2 N–H and O–H groups in total. The number of nitrogens with two attached hydrogens (primary N) is 1. The highest BCUT2D eigenvalue weighted by Gasteiger charge is 2.25. The number of hydrogen-bond acceptors (Lipinski definition) is 3. The predicted octanol–water partition coefficient (Wildman–Crippen LogP) is 2.21. The number of likely N-dealkylation sites (tertiary alicyclic amines) is 1. The van der Waals surface area contributed by atoms with Gasteiger partial charge in [0.2, 0.25) is 11.8 Å². The van der Waals surface area contributed by atoms with E-state index in [0.717, 1.165) is 24.2 Å². The van der Waals surface area contributed by atoms with Crippen LogP contribution in [0.15, 0.2) is 30.3 Å². The normalized spacial score (nSPS) is 18.4. The molecule has 1 aromatic carbocycles. The molecule has 1 aliphatic heterocycles. The first-order valence-electron chi connectivity index (χ1n) is 7.98. The molecule has 2 amide bonds. The molecular weight excluding hydrogens is 292 g/mol. The molecule has 5 nitrogen and oxygen atoms in total. The highest BCUT2D eigenvalue weighted by molar-refractivity contribution is 5.92. The number of rotatable bonds is 5. The van der Waals surface area contributed by atoms with Gasteiger partial charge < -0.3 is 15.4 Å². The van der Waals surface area contributed by atoms with E-state index in [9.17, 15) is 9.59 Å². The zero-order valence-electron chi connectivity index (χ0n) is 13.7. The van der Waals surface area contributed by atoms with E-state index >= 15 is 0 Å². The smallest absolute Gasteiger partial charge is 0.246 e. The zero-order valence-corrected chi connectivity index (χ0v) is 13.7. The van der Waals surface area contributed by atoms with Gasteiger partial charge in [-0.25, -0.2) is 0 Å². The molecule has 2 rings (SSSR count). The highest BCUT2D eigenvalue weighted by atomic mass is 16.5. The largest absolute Gasteiger partial charge is 0.491 e. The van der Waals surface area contributed by atoms with Crippen molar-refractivity contribution in [3.63, 3.8) is 0 Å². The van der Waals surface area contributed by atoms with E-state index in [0.29, 0.717) is 13.1 Å². The lowest BCUT2D eigenvalue weighted by Gasteiger charge is -2.30. The lowest BCUT2D eigenvalue weighted by atomic mass is 9.97. The summed E-state index contributed by atoms with van der Waals surface area (Å²) < 4.78 is 5.64. The Kier molecular flexibility index (Phi) is 5.79. The molecule has 0 radical (unpaired) electrons. The minimum atomic E-state index is -0.329. The van der Waals surface area contributed by atoms with Gasteiger partial charge in [0, 0.05) is 19.2 Å². The molecule has 0 saturated carbocycles. The number of ether oxygens (including phenoxy) is 1. The van der Waals surface area contributed by atoms with Crippen molar-refractivity contribution in [3.05, 3.63) is 35.9 Å². The number of nitrogens with zero attached hydrogens (tertiary/aromatic N) is 1. The fourth-order valence-corrected chi connectivity index (χ4v) is 2.65. The summed E-state index contributed by atoms with van der Waals surface area (Å²) in [5, 5.41) is 0. The Morgan fingerprint density at radius 1 is 1.39 bits per heavy atom. The summed E-state index contributed by atoms with van der Waals surface area (Å²) in [6, 6.07) is 7.60. The Labute approximate surface area is 137 Å². The summed E-state index contributed by atoms with van der Waals surface area (Å²) in [7, 11) is 0. The first-order valence-corrected chi connectivity index (χ1v) is 7.98. The average molecular weight is 316 g/mol. The van der Waals surface area contributed by atoms with Crippen LogP contribution in [0, 0.1) is 5.92 Å². The van der Waals surface area contributed by atoms with Crippen molar-refractivity contribution in [2.24, 2.45) is 11.7 Å². The summed E-state index contributed by atoms with van der Waals surface area (Å²) >= 11 is 0. The Balaban J connectivity index is 1.99. The molecule has 5 heteroatoms. The van der Waals surface area contributed by atoms with Crippen molar-refractivity contribution in [2.75, 3.05) is 13.1 Å². The topological polar surface area (TPSA) is 72.6 Å². The minimum absolute atomic E-state index is 0.0915. The zero-order chi connectivity index (χ0) is 16.8. The molecular formula is C18H24N2O3. The van der Waals surface area contributed by atoms with Gasteiger partial charge in [0.15, 0.2) is 0 Å². The van der Waals surface area contributed by atoms with Crippen LogP contribution >= 0.6 is 0 Å². The fourth-order valence-electron chi connectivity index (χ4n) is 2.65. The van der Waals surface area contributed by atoms with Crippen molar-refractivity contribution in [1.82, 2.24) is 4.90 Å². The van der Waals surface area contributed by atoms with E-state index in [-0.39, 0.29) is 23.8 Å². The number of primary amides is 1. The molecule has 23 heavy (non-hydrogen) atoms. The first kappa shape index (κ1) is 17.1. The van der Waals surface area contributed by atoms with Crippen LogP contribution in [0.4, 0.5) is 0 Å². The molecule has 1 heterocycles. The van der Waals surface area contributed by atoms with Crippen molar-refractivity contribution in [1.29, 1.82) is 0 Å². The number of carbonyl (C=O) groups excluding carboxylic acids is 2. The lowest BCUT2D eigenvalue weighted by Crippen LogP contribution is -2.43. The third kappa shape index (κ3) is 5.13. The van der Waals surface area contributed by atoms with E-state index in [2.05, 4.69) is 0 Å². The van der Waals surface area contributed by atoms with E-state index in [4.69, 9.17) is 10.5 Å². The van der Waals surface area contributed by atoms with Crippen molar-refractivity contribution in [3.8, 4) is 5.75 Å². The second-order valence-electron chi connectivity index (χ2n) is 6.10. The van der Waals surface area contributed by atoms with Crippen molar-refractivity contribution >= 4 is 17.9 Å². The molecule has 124 valence electrons. The second kappa shape index (κ2) is 7.81. The third-order valence-corrected chi connectivity index (χ3v) is 3.78. The quantitative estimate of drug-likeness (QED) is 0.847. The van der Waals surface area contributed by atoms with Gasteiger partial charge >= 0.3 is 0 Å². The predicted molar refractivity (Wildman–Crippen MR) is 89.7 cm³/mol. The van der Waals surface area contributed by atoms with E-state index in [1.807, 2.05) is 38.1 Å². The molecule has 1 aromatic rings. The Morgan fingerprint density at radius 2 is 2.17 bits per heavy atom. The minimum Gasteiger partial charge on any atom is -0.491 e. The number of benzene rings is 1. The van der Waals surface area contributed by atoms with Gasteiger partial charge in [-0.3, -0.25) is 9.59 Å². The molecule has 1 saturated heterocycles. The lowest BCUT2D eigenvalue weighted by molar-refractivity contribution is -0.130. The van der Waals surface area contributed by atoms with Crippen LogP contribution in [0.2, 0.25) is 0 Å². The summed E-state index contributed by atoms with van der Waals surface area (Å²) in [6.45, 7) is 5.02. The van der Waals surface area contributed by atoms with E-state index in [1.165, 1.54) is 6.08 Å². The van der Waals surface area contributed by atoms with Crippen LogP contribution in [-0.2, 0) is 9.59 Å². The standard InChI is InChI=1S/C18H24N2O3/c1-13(2)23-16-7-3-5-14(11-16)8-9-17(21)20-10-4-6-15(12-20)18(19)22/h3,5,7-9,11,13,15H,4,6,10,12H2,1-2H3,(H2,19,22)/b9-8+/t15-/m1/s1. The summed E-state index contributed by atoms with van der Waals surface area (Å²) in [5.74, 6) is 0.126. The van der Waals surface area contributed by atoms with Crippen LogP contribution in [0.25, 0.3) is 6.08 Å². The van der Waals surface area contributed by atoms with Crippen molar-refractivity contribution < 1.29 is 14.3 Å². The number of carbonyl (C=O) groups is 2. The average Bonchev–Trinajstić information content (AvgIpc) is 2.52. The van der Waals surface area contributed by atoms with Gasteiger partial charge in [-0.1, -0.05) is 12.1 Å². The summed E-state index contributed by atoms with van der Waals surface area (Å²) in [5.41, 5.74) is 6.24. The van der Waals surface area contributed by atoms with Crippen LogP contribution < -0.4 is 10.5 Å². The molecule has 0 aromatic heterocycles. The molecule has 1 fully saturated rings. The monoisotopic (exact) mass is 316 g/mol. The molecule has 0 aliphatic carbocycles. The number of piperidine rings is 1. The third-order valence-electron chi connectivity index (χ3n) is 3.78. The molecule has 0 unspecified atom stereocenters. The fraction of sp³-hybridized carbons (Fsp3) is 0.444. The van der Waals surface area contributed by atoms with Crippen molar-refractivity contribution in [2.45, 2.75) is 32.8 Å². The van der Waals surface area contributed by atoms with Gasteiger partial charge in [-0.2, -0.15) is 0 Å². The second-order valence-corrected chi connectivity index (χ2v) is 6.10. The maximum absolute atomic E-state index is 12.3. The molecule has 1 aliphatic rings. The summed E-state index contributed by atoms with van der Waals surface area (Å²) in [6.07, 6.45) is 4.98. The van der Waals surface area contributed by atoms with Gasteiger partial charge in [0.25, 0.3) is 0 Å². The maximum Gasteiger partial charge on any atom is 0.246 e. The molecule has 1 atom stereocenters. The van der Waals surface area contributed by atoms with Crippen LogP contribution in [0.3, 0.4) is 0 Å². The Bertz CT molecular complexity index is 596. The Hall–Kier alpha value is -2.30. The molecule has 0 bridgehead atoms. The number of amides is 2. The van der Waals surface area contributed by atoms with Gasteiger partial charge in [0.05, 0.1) is 12.0 Å². The van der Waals surface area contributed by atoms with Crippen LogP contribution in [0.1, 0.15) is 32.3 Å².